The van der Waals surface area contributed by atoms with E-state index in [1.165, 1.54) is 0 Å². The average molecular weight is 354 g/mol. The van der Waals surface area contributed by atoms with Gasteiger partial charge in [0.1, 0.15) is 0 Å². The van der Waals surface area contributed by atoms with Crippen LogP contribution in [0.1, 0.15) is 12.0 Å². The van der Waals surface area contributed by atoms with Crippen molar-refractivity contribution in [3.63, 3.8) is 0 Å². The molecule has 5 heteroatoms. The lowest BCUT2D eigenvalue weighted by Gasteiger charge is -2.09. The molecule has 0 radical (unpaired) electrons. The Morgan fingerprint density at radius 1 is 0.950 bits per heavy atom. The molecule has 0 bridgehead atoms. The van der Waals surface area contributed by atoms with Gasteiger partial charge in [-0.3, -0.25) is 4.72 Å². The zero-order valence-corrected chi connectivity index (χ0v) is 13.3. The molecule has 20 heavy (non-hydrogen) atoms. The van der Waals surface area contributed by atoms with Crippen LogP contribution in [0.3, 0.4) is 0 Å². The van der Waals surface area contributed by atoms with E-state index in [2.05, 4.69) is 20.7 Å². The summed E-state index contributed by atoms with van der Waals surface area (Å²) in [5, 5.41) is 0. The van der Waals surface area contributed by atoms with E-state index in [0.29, 0.717) is 12.1 Å². The molecule has 106 valence electrons. The van der Waals surface area contributed by atoms with E-state index >= 15 is 0 Å². The Morgan fingerprint density at radius 3 is 2.30 bits per heavy atom. The third kappa shape index (κ3) is 4.65. The summed E-state index contributed by atoms with van der Waals surface area (Å²) in [6.07, 6.45) is 1.36. The van der Waals surface area contributed by atoms with Crippen molar-refractivity contribution in [3.8, 4) is 0 Å². The number of hydrogen-bond donors (Lipinski definition) is 1. The van der Waals surface area contributed by atoms with Crippen LogP contribution in [-0.4, -0.2) is 14.2 Å². The molecule has 0 heterocycles. The first-order valence-electron chi connectivity index (χ1n) is 6.36. The maximum atomic E-state index is 12.0. The third-order valence-corrected chi connectivity index (χ3v) is 4.91. The van der Waals surface area contributed by atoms with Crippen LogP contribution < -0.4 is 4.72 Å². The lowest BCUT2D eigenvalue weighted by atomic mass is 10.1. The molecule has 0 spiro atoms. The molecule has 2 aromatic rings. The van der Waals surface area contributed by atoms with Crippen LogP contribution >= 0.6 is 15.9 Å². The molecule has 0 unspecified atom stereocenters. The van der Waals surface area contributed by atoms with Crippen molar-refractivity contribution in [1.82, 2.24) is 0 Å². The first kappa shape index (κ1) is 15.1. The summed E-state index contributed by atoms with van der Waals surface area (Å²) in [6.45, 7) is 0. The van der Waals surface area contributed by atoms with Gasteiger partial charge in [0, 0.05) is 4.47 Å². The van der Waals surface area contributed by atoms with Crippen LogP contribution in [0.2, 0.25) is 0 Å². The van der Waals surface area contributed by atoms with Gasteiger partial charge in [0.15, 0.2) is 0 Å². The van der Waals surface area contributed by atoms with Gasteiger partial charge in [-0.1, -0.05) is 42.5 Å². The summed E-state index contributed by atoms with van der Waals surface area (Å²) in [5.74, 6) is 0.114. The molecule has 0 aromatic heterocycles. The highest BCUT2D eigenvalue weighted by atomic mass is 79.9. The number of rotatable bonds is 6. The van der Waals surface area contributed by atoms with E-state index in [9.17, 15) is 8.42 Å². The molecule has 0 saturated heterocycles. The second kappa shape index (κ2) is 6.90. The van der Waals surface area contributed by atoms with Crippen LogP contribution in [0.15, 0.2) is 59.1 Å². The molecule has 0 aliphatic heterocycles. The predicted molar refractivity (Wildman–Crippen MR) is 86.3 cm³/mol. The van der Waals surface area contributed by atoms with Crippen LogP contribution in [0.4, 0.5) is 5.69 Å². The minimum atomic E-state index is -3.31. The van der Waals surface area contributed by atoms with Crippen molar-refractivity contribution in [2.75, 3.05) is 10.5 Å². The van der Waals surface area contributed by atoms with E-state index in [1.54, 1.807) is 12.1 Å². The molecule has 0 fully saturated rings. The Labute approximate surface area is 128 Å². The summed E-state index contributed by atoms with van der Waals surface area (Å²) in [7, 11) is -3.31. The van der Waals surface area contributed by atoms with Crippen molar-refractivity contribution in [1.29, 1.82) is 0 Å². The monoisotopic (exact) mass is 353 g/mol. The highest BCUT2D eigenvalue weighted by Crippen LogP contribution is 2.22. The Morgan fingerprint density at radius 2 is 1.60 bits per heavy atom. The molecule has 0 atom stereocenters. The molecular weight excluding hydrogens is 338 g/mol. The fourth-order valence-electron chi connectivity index (χ4n) is 1.87. The largest absolute Gasteiger partial charge is 0.282 e. The fraction of sp³-hybridized carbons (Fsp3) is 0.200. The molecule has 0 aliphatic carbocycles. The number of anilines is 1. The SMILES string of the molecule is O=S(=O)(CCCc1ccccc1)Nc1ccccc1Br. The van der Waals surface area contributed by atoms with Gasteiger partial charge < -0.3 is 0 Å². The summed E-state index contributed by atoms with van der Waals surface area (Å²) in [4.78, 5) is 0. The number of halogens is 1. The van der Waals surface area contributed by atoms with Gasteiger partial charge in [0.2, 0.25) is 10.0 Å². The number of nitrogens with one attached hydrogen (secondary N) is 1. The lowest BCUT2D eigenvalue weighted by molar-refractivity contribution is 0.598. The minimum absolute atomic E-state index is 0.114. The zero-order chi connectivity index (χ0) is 14.4. The molecule has 2 rings (SSSR count). The smallest absolute Gasteiger partial charge is 0.232 e. The van der Waals surface area contributed by atoms with Gasteiger partial charge in [0.25, 0.3) is 0 Å². The Bertz CT molecular complexity index is 657. The summed E-state index contributed by atoms with van der Waals surface area (Å²) in [6, 6.07) is 17.1. The second-order valence-corrected chi connectivity index (χ2v) is 7.19. The standard InChI is InChI=1S/C15H16BrNO2S/c16-14-10-4-5-11-15(14)17-20(18,19)12-6-9-13-7-2-1-3-8-13/h1-5,7-8,10-11,17H,6,9,12H2. The maximum Gasteiger partial charge on any atom is 0.232 e. The van der Waals surface area contributed by atoms with Crippen molar-refractivity contribution in [2.45, 2.75) is 12.8 Å². The molecule has 0 amide bonds. The lowest BCUT2D eigenvalue weighted by Crippen LogP contribution is -2.17. The number of aryl methyl sites for hydroxylation is 1. The van der Waals surface area contributed by atoms with Crippen LogP contribution in [0.5, 0.6) is 0 Å². The van der Waals surface area contributed by atoms with Gasteiger partial charge in [-0.15, -0.1) is 0 Å². The first-order valence-corrected chi connectivity index (χ1v) is 8.80. The minimum Gasteiger partial charge on any atom is -0.282 e. The van der Waals surface area contributed by atoms with E-state index in [4.69, 9.17) is 0 Å². The Hall–Kier alpha value is -1.33. The van der Waals surface area contributed by atoms with Gasteiger partial charge in [-0.2, -0.15) is 0 Å². The third-order valence-electron chi connectivity index (χ3n) is 2.86. The molecule has 1 N–H and O–H groups in total. The van der Waals surface area contributed by atoms with Gasteiger partial charge in [-0.05, 0) is 46.5 Å². The van der Waals surface area contributed by atoms with E-state index in [-0.39, 0.29) is 5.75 Å². The normalized spacial score (nSPS) is 11.2. The van der Waals surface area contributed by atoms with Gasteiger partial charge >= 0.3 is 0 Å². The number of hydrogen-bond acceptors (Lipinski definition) is 2. The van der Waals surface area contributed by atoms with E-state index in [1.807, 2.05) is 42.5 Å². The molecule has 0 saturated carbocycles. The molecule has 0 aliphatic rings. The van der Waals surface area contributed by atoms with Crippen LogP contribution in [0.25, 0.3) is 0 Å². The molecule has 3 nitrogen and oxygen atoms in total. The highest BCUT2D eigenvalue weighted by Gasteiger charge is 2.11. The number of para-hydroxylation sites is 1. The molecular formula is C15H16BrNO2S. The average Bonchev–Trinajstić information content (AvgIpc) is 2.42. The fourth-order valence-corrected chi connectivity index (χ4v) is 3.53. The Kier molecular flexibility index (Phi) is 5.20. The molecule has 2 aromatic carbocycles. The van der Waals surface area contributed by atoms with Gasteiger partial charge in [-0.25, -0.2) is 8.42 Å². The number of benzene rings is 2. The van der Waals surface area contributed by atoms with Crippen LogP contribution in [0, 0.1) is 0 Å². The topological polar surface area (TPSA) is 46.2 Å². The van der Waals surface area contributed by atoms with Gasteiger partial charge in [0.05, 0.1) is 11.4 Å². The zero-order valence-electron chi connectivity index (χ0n) is 10.9. The predicted octanol–water partition coefficient (Wildman–Crippen LogP) is 3.82. The van der Waals surface area contributed by atoms with E-state index in [0.717, 1.165) is 16.5 Å². The second-order valence-electron chi connectivity index (χ2n) is 4.49. The first-order chi connectivity index (χ1) is 9.57. The van der Waals surface area contributed by atoms with E-state index < -0.39 is 10.0 Å². The summed E-state index contributed by atoms with van der Waals surface area (Å²) < 4.78 is 27.4. The summed E-state index contributed by atoms with van der Waals surface area (Å²) >= 11 is 3.33. The Balaban J connectivity index is 1.90. The van der Waals surface area contributed by atoms with Crippen molar-refractivity contribution in [2.24, 2.45) is 0 Å². The van der Waals surface area contributed by atoms with Crippen molar-refractivity contribution in [3.05, 3.63) is 64.6 Å². The summed E-state index contributed by atoms with van der Waals surface area (Å²) in [5.41, 5.74) is 1.73. The van der Waals surface area contributed by atoms with Crippen molar-refractivity contribution < 1.29 is 8.42 Å². The quantitative estimate of drug-likeness (QED) is 0.857. The number of sulfonamides is 1. The highest BCUT2D eigenvalue weighted by molar-refractivity contribution is 9.10. The van der Waals surface area contributed by atoms with Crippen LogP contribution in [-0.2, 0) is 16.4 Å². The maximum absolute atomic E-state index is 12.0. The van der Waals surface area contributed by atoms with Crippen molar-refractivity contribution >= 4 is 31.6 Å².